The third-order valence-electron chi connectivity index (χ3n) is 4.60. The molecule has 0 bridgehead atoms. The van der Waals surface area contributed by atoms with Crippen LogP contribution in [0.5, 0.6) is 17.2 Å². The number of carboxylic acid groups (broad SMARTS) is 1. The molecule has 3 amide bonds. The zero-order valence-electron chi connectivity index (χ0n) is 19.1. The zero-order valence-corrected chi connectivity index (χ0v) is 19.9. The van der Waals surface area contributed by atoms with Gasteiger partial charge >= 0.3 is 5.97 Å². The number of carbonyl (C=O) groups is 4. The first-order valence-electron chi connectivity index (χ1n) is 10.2. The first kappa shape index (κ1) is 27.9. The van der Waals surface area contributed by atoms with Crippen LogP contribution in [0.2, 0.25) is 0 Å². The van der Waals surface area contributed by atoms with E-state index in [2.05, 4.69) is 16.0 Å². The number of amides is 3. The molecule has 0 aromatic heterocycles. The van der Waals surface area contributed by atoms with Crippen molar-refractivity contribution in [3.05, 3.63) is 17.7 Å². The Hall–Kier alpha value is -3.15. The van der Waals surface area contributed by atoms with Gasteiger partial charge in [0, 0.05) is 18.0 Å². The highest BCUT2D eigenvalue weighted by molar-refractivity contribution is 7.98. The number of aliphatic carboxylic acids is 1. The van der Waals surface area contributed by atoms with E-state index >= 15 is 0 Å². The molecule has 5 N–H and O–H groups in total. The summed E-state index contributed by atoms with van der Waals surface area (Å²) in [7, 11) is 2.60. The van der Waals surface area contributed by atoms with E-state index < -0.39 is 29.7 Å². The fraction of sp³-hybridized carbons (Fsp3) is 0.524. The van der Waals surface area contributed by atoms with Gasteiger partial charge in [-0.2, -0.15) is 11.8 Å². The van der Waals surface area contributed by atoms with Crippen molar-refractivity contribution in [1.82, 2.24) is 16.0 Å². The summed E-state index contributed by atoms with van der Waals surface area (Å²) < 4.78 is 10.0. The number of benzene rings is 1. The van der Waals surface area contributed by atoms with Crippen LogP contribution in [0.3, 0.4) is 0 Å². The number of thioether (sulfide) groups is 1. The molecule has 33 heavy (non-hydrogen) atoms. The van der Waals surface area contributed by atoms with Gasteiger partial charge in [-0.25, -0.2) is 0 Å². The summed E-state index contributed by atoms with van der Waals surface area (Å²) >= 11 is 1.66. The smallest absolute Gasteiger partial charge is 0.303 e. The van der Waals surface area contributed by atoms with E-state index in [-0.39, 0.29) is 48.2 Å². The lowest BCUT2D eigenvalue weighted by atomic mass is 10.1. The number of phenols is 1. The predicted octanol–water partition coefficient (Wildman–Crippen LogP) is 0.747. The molecule has 0 saturated carbocycles. The molecule has 2 unspecified atom stereocenters. The van der Waals surface area contributed by atoms with Gasteiger partial charge < -0.3 is 35.6 Å². The van der Waals surface area contributed by atoms with Gasteiger partial charge in [0.05, 0.1) is 20.8 Å². The highest BCUT2D eigenvalue weighted by Gasteiger charge is 2.24. The quantitative estimate of drug-likeness (QED) is 0.256. The Morgan fingerprint density at radius 2 is 1.67 bits per heavy atom. The summed E-state index contributed by atoms with van der Waals surface area (Å²) in [6.07, 6.45) is 2.17. The van der Waals surface area contributed by atoms with Crippen LogP contribution in [-0.2, 0) is 14.4 Å². The summed E-state index contributed by atoms with van der Waals surface area (Å²) in [5.41, 5.74) is 0.0231. The minimum atomic E-state index is -1.21. The summed E-state index contributed by atoms with van der Waals surface area (Å²) in [4.78, 5) is 48.4. The SMILES string of the molecule is COc1cc(C(=O)NC(CCC(=O)O)C(=O)NCC(=O)NC(C)CCSC)cc(OC)c1O. The Morgan fingerprint density at radius 3 is 2.18 bits per heavy atom. The molecule has 0 fully saturated rings. The van der Waals surface area contributed by atoms with Crippen molar-refractivity contribution in [3.63, 3.8) is 0 Å². The predicted molar refractivity (Wildman–Crippen MR) is 123 cm³/mol. The lowest BCUT2D eigenvalue weighted by Gasteiger charge is -2.19. The fourth-order valence-electron chi connectivity index (χ4n) is 2.79. The second kappa shape index (κ2) is 14.1. The first-order valence-corrected chi connectivity index (χ1v) is 11.6. The molecule has 0 saturated heterocycles. The van der Waals surface area contributed by atoms with Crippen molar-refractivity contribution < 1.29 is 38.9 Å². The highest BCUT2D eigenvalue weighted by atomic mass is 32.2. The van der Waals surface area contributed by atoms with Crippen molar-refractivity contribution in [3.8, 4) is 17.2 Å². The maximum atomic E-state index is 12.7. The molecule has 0 aliphatic heterocycles. The maximum absolute atomic E-state index is 12.7. The minimum Gasteiger partial charge on any atom is -0.502 e. The summed E-state index contributed by atoms with van der Waals surface area (Å²) in [6, 6.07) is 1.23. The average molecular weight is 486 g/mol. The average Bonchev–Trinajstić information content (AvgIpc) is 2.78. The van der Waals surface area contributed by atoms with Gasteiger partial charge in [-0.1, -0.05) is 0 Å². The van der Waals surface area contributed by atoms with E-state index in [1.54, 1.807) is 11.8 Å². The van der Waals surface area contributed by atoms with E-state index in [0.717, 1.165) is 12.2 Å². The van der Waals surface area contributed by atoms with Crippen LogP contribution >= 0.6 is 11.8 Å². The Labute approximate surface area is 196 Å². The number of carboxylic acids is 1. The molecule has 11 nitrogen and oxygen atoms in total. The van der Waals surface area contributed by atoms with Crippen LogP contribution < -0.4 is 25.4 Å². The first-order chi connectivity index (χ1) is 15.6. The van der Waals surface area contributed by atoms with Gasteiger partial charge in [-0.15, -0.1) is 0 Å². The van der Waals surface area contributed by atoms with Crippen LogP contribution in [0.15, 0.2) is 12.1 Å². The molecule has 2 atom stereocenters. The third-order valence-corrected chi connectivity index (χ3v) is 5.24. The largest absolute Gasteiger partial charge is 0.502 e. The number of hydrogen-bond acceptors (Lipinski definition) is 8. The number of nitrogens with one attached hydrogen (secondary N) is 3. The van der Waals surface area contributed by atoms with Crippen LogP contribution in [0.4, 0.5) is 0 Å². The van der Waals surface area contributed by atoms with Crippen molar-refractivity contribution in [2.45, 2.75) is 38.3 Å². The van der Waals surface area contributed by atoms with E-state index in [4.69, 9.17) is 14.6 Å². The second-order valence-corrected chi connectivity index (χ2v) is 8.14. The number of methoxy groups -OCH3 is 2. The second-order valence-electron chi connectivity index (χ2n) is 7.16. The number of rotatable bonds is 14. The number of hydrogen-bond donors (Lipinski definition) is 5. The van der Waals surface area contributed by atoms with Gasteiger partial charge in [-0.05, 0) is 43.9 Å². The summed E-state index contributed by atoms with van der Waals surface area (Å²) in [6.45, 7) is 1.54. The molecule has 12 heteroatoms. The van der Waals surface area contributed by atoms with Gasteiger partial charge in [0.1, 0.15) is 6.04 Å². The number of aromatic hydroxyl groups is 1. The van der Waals surface area contributed by atoms with E-state index in [1.165, 1.54) is 26.4 Å². The van der Waals surface area contributed by atoms with Crippen molar-refractivity contribution in [2.75, 3.05) is 32.8 Å². The molecule has 1 aromatic carbocycles. The third kappa shape index (κ3) is 9.48. The summed E-state index contributed by atoms with van der Waals surface area (Å²) in [5.74, 6) is -2.40. The molecule has 0 heterocycles. The Balaban J connectivity index is 2.86. The molecule has 184 valence electrons. The molecule has 0 aliphatic rings. The van der Waals surface area contributed by atoms with Crippen LogP contribution in [0.1, 0.15) is 36.5 Å². The van der Waals surface area contributed by atoms with Crippen molar-refractivity contribution >= 4 is 35.5 Å². The Kier molecular flexibility index (Phi) is 11.9. The lowest BCUT2D eigenvalue weighted by Crippen LogP contribution is -2.49. The van der Waals surface area contributed by atoms with E-state index in [9.17, 15) is 24.3 Å². The van der Waals surface area contributed by atoms with E-state index in [1.807, 2.05) is 13.2 Å². The topological polar surface area (TPSA) is 163 Å². The molecule has 0 spiro atoms. The van der Waals surface area contributed by atoms with Crippen molar-refractivity contribution in [2.24, 2.45) is 0 Å². The molecule has 1 aromatic rings. The molecular weight excluding hydrogens is 454 g/mol. The molecule has 0 radical (unpaired) electrons. The summed E-state index contributed by atoms with van der Waals surface area (Å²) in [5, 5.41) is 26.6. The fourth-order valence-corrected chi connectivity index (χ4v) is 3.38. The molecular formula is C21H31N3O8S. The Bertz CT molecular complexity index is 824. The number of ether oxygens (including phenoxy) is 2. The van der Waals surface area contributed by atoms with Crippen LogP contribution in [-0.4, -0.2) is 78.8 Å². The lowest BCUT2D eigenvalue weighted by molar-refractivity contribution is -0.137. The Morgan fingerprint density at radius 1 is 1.06 bits per heavy atom. The minimum absolute atomic E-state index is 0.0155. The van der Waals surface area contributed by atoms with E-state index in [0.29, 0.717) is 0 Å². The zero-order chi connectivity index (χ0) is 25.0. The monoisotopic (exact) mass is 485 g/mol. The highest BCUT2D eigenvalue weighted by Crippen LogP contribution is 2.37. The molecule has 1 rings (SSSR count). The van der Waals surface area contributed by atoms with Crippen LogP contribution in [0.25, 0.3) is 0 Å². The maximum Gasteiger partial charge on any atom is 0.303 e. The van der Waals surface area contributed by atoms with Crippen LogP contribution in [0, 0.1) is 0 Å². The van der Waals surface area contributed by atoms with Gasteiger partial charge in [0.2, 0.25) is 17.6 Å². The number of carbonyl (C=O) groups excluding carboxylic acids is 3. The van der Waals surface area contributed by atoms with Gasteiger partial charge in [0.15, 0.2) is 11.5 Å². The normalized spacial score (nSPS) is 12.2. The standard InChI is InChI=1S/C21H31N3O8S/c1-12(7-8-33-4)23-17(25)11-22-21(30)14(5-6-18(26)27)24-20(29)13-9-15(31-2)19(28)16(10-13)32-3/h9-10,12,14,28H,5-8,11H2,1-4H3,(H,22,30)(H,23,25)(H,24,29)(H,26,27). The van der Waals surface area contributed by atoms with Gasteiger partial charge in [-0.3, -0.25) is 19.2 Å². The van der Waals surface area contributed by atoms with Crippen molar-refractivity contribution in [1.29, 1.82) is 0 Å². The van der Waals surface area contributed by atoms with Gasteiger partial charge in [0.25, 0.3) is 5.91 Å². The number of phenolic OH excluding ortho intramolecular Hbond substituents is 1. The molecule has 0 aliphatic carbocycles.